The lowest BCUT2D eigenvalue weighted by Gasteiger charge is -2.17. The van der Waals surface area contributed by atoms with E-state index in [2.05, 4.69) is 4.72 Å². The predicted octanol–water partition coefficient (Wildman–Crippen LogP) is 3.53. The zero-order valence-corrected chi connectivity index (χ0v) is 15.9. The SMILES string of the molecule is COC(CNS(=O)(=O)c1ccc(OCC(C)C)cc1)c1cccc(F)c1. The molecule has 2 rings (SSSR count). The lowest BCUT2D eigenvalue weighted by atomic mass is 10.1. The van der Waals surface area contributed by atoms with Crippen LogP contribution in [0.2, 0.25) is 0 Å². The van der Waals surface area contributed by atoms with Crippen molar-refractivity contribution >= 4 is 10.0 Å². The molecule has 0 aliphatic carbocycles. The van der Waals surface area contributed by atoms with Gasteiger partial charge in [-0.05, 0) is 47.9 Å². The van der Waals surface area contributed by atoms with Crippen LogP contribution < -0.4 is 9.46 Å². The Hall–Kier alpha value is -1.96. The van der Waals surface area contributed by atoms with E-state index >= 15 is 0 Å². The first-order valence-corrected chi connectivity index (χ1v) is 9.81. The first-order valence-electron chi connectivity index (χ1n) is 8.32. The quantitative estimate of drug-likeness (QED) is 0.722. The van der Waals surface area contributed by atoms with Gasteiger partial charge < -0.3 is 9.47 Å². The molecule has 0 saturated carbocycles. The Morgan fingerprint density at radius 2 is 1.81 bits per heavy atom. The van der Waals surface area contributed by atoms with Crippen LogP contribution in [0.4, 0.5) is 4.39 Å². The summed E-state index contributed by atoms with van der Waals surface area (Å²) in [4.78, 5) is 0.128. The Labute approximate surface area is 154 Å². The standard InChI is InChI=1S/C19H24FNO4S/c1-14(2)13-25-17-7-9-18(10-8-17)26(22,23)21-12-19(24-3)15-5-4-6-16(20)11-15/h4-11,14,19,21H,12-13H2,1-3H3. The lowest BCUT2D eigenvalue weighted by Crippen LogP contribution is -2.29. The Morgan fingerprint density at radius 3 is 2.38 bits per heavy atom. The van der Waals surface area contributed by atoms with Crippen LogP contribution in [-0.2, 0) is 14.8 Å². The second-order valence-corrected chi connectivity index (χ2v) is 8.07. The van der Waals surface area contributed by atoms with Crippen LogP contribution in [0.5, 0.6) is 5.75 Å². The maximum Gasteiger partial charge on any atom is 0.240 e. The summed E-state index contributed by atoms with van der Waals surface area (Å²) in [6.07, 6.45) is -0.589. The van der Waals surface area contributed by atoms with E-state index in [0.29, 0.717) is 23.8 Å². The average molecular weight is 381 g/mol. The monoisotopic (exact) mass is 381 g/mol. The van der Waals surface area contributed by atoms with Gasteiger partial charge in [0.15, 0.2) is 0 Å². The summed E-state index contributed by atoms with van der Waals surface area (Å²) in [6.45, 7) is 4.63. The van der Waals surface area contributed by atoms with Gasteiger partial charge in [0.2, 0.25) is 10.0 Å². The molecule has 142 valence electrons. The van der Waals surface area contributed by atoms with E-state index in [1.165, 1.54) is 31.4 Å². The number of benzene rings is 2. The Balaban J connectivity index is 2.03. The molecular formula is C19H24FNO4S. The second kappa shape index (κ2) is 9.12. The van der Waals surface area contributed by atoms with Gasteiger partial charge in [0.05, 0.1) is 17.6 Å². The number of rotatable bonds is 9. The molecule has 2 aromatic rings. The van der Waals surface area contributed by atoms with E-state index in [0.717, 1.165) is 0 Å². The summed E-state index contributed by atoms with van der Waals surface area (Å²) in [7, 11) is -2.26. The zero-order chi connectivity index (χ0) is 19.2. The molecule has 0 spiro atoms. The topological polar surface area (TPSA) is 64.6 Å². The molecule has 0 aliphatic rings. The van der Waals surface area contributed by atoms with Gasteiger partial charge in [-0.25, -0.2) is 17.5 Å². The van der Waals surface area contributed by atoms with Gasteiger partial charge in [-0.2, -0.15) is 0 Å². The van der Waals surface area contributed by atoms with Crippen molar-refractivity contribution < 1.29 is 22.3 Å². The second-order valence-electron chi connectivity index (χ2n) is 6.31. The Morgan fingerprint density at radius 1 is 1.12 bits per heavy atom. The molecule has 0 fully saturated rings. The fourth-order valence-electron chi connectivity index (χ4n) is 2.29. The highest BCUT2D eigenvalue weighted by atomic mass is 32.2. The Bertz CT molecular complexity index is 807. The summed E-state index contributed by atoms with van der Waals surface area (Å²) in [5.41, 5.74) is 0.563. The summed E-state index contributed by atoms with van der Waals surface area (Å²) in [6, 6.07) is 12.1. The van der Waals surface area contributed by atoms with Gasteiger partial charge in [0.25, 0.3) is 0 Å². The largest absolute Gasteiger partial charge is 0.493 e. The molecule has 0 amide bonds. The highest BCUT2D eigenvalue weighted by Gasteiger charge is 2.18. The highest BCUT2D eigenvalue weighted by Crippen LogP contribution is 2.19. The molecule has 0 saturated heterocycles. The molecule has 1 N–H and O–H groups in total. The van der Waals surface area contributed by atoms with E-state index in [-0.39, 0.29) is 11.4 Å². The van der Waals surface area contributed by atoms with Crippen LogP contribution in [0.25, 0.3) is 0 Å². The van der Waals surface area contributed by atoms with Crippen LogP contribution in [0, 0.1) is 11.7 Å². The van der Waals surface area contributed by atoms with E-state index < -0.39 is 21.9 Å². The van der Waals surface area contributed by atoms with E-state index in [1.54, 1.807) is 24.3 Å². The summed E-state index contributed by atoms with van der Waals surface area (Å²) in [5, 5.41) is 0. The van der Waals surface area contributed by atoms with Gasteiger partial charge in [-0.15, -0.1) is 0 Å². The van der Waals surface area contributed by atoms with Crippen molar-refractivity contribution in [1.29, 1.82) is 0 Å². The number of halogens is 1. The lowest BCUT2D eigenvalue weighted by molar-refractivity contribution is 0.107. The molecule has 2 aromatic carbocycles. The minimum Gasteiger partial charge on any atom is -0.493 e. The van der Waals surface area contributed by atoms with Crippen LogP contribution in [-0.4, -0.2) is 28.7 Å². The summed E-state index contributed by atoms with van der Waals surface area (Å²) >= 11 is 0. The fraction of sp³-hybridized carbons (Fsp3) is 0.368. The van der Waals surface area contributed by atoms with Crippen molar-refractivity contribution in [3.8, 4) is 5.75 Å². The summed E-state index contributed by atoms with van der Waals surface area (Å²) < 4.78 is 51.6. The molecule has 0 heterocycles. The summed E-state index contributed by atoms with van der Waals surface area (Å²) in [5.74, 6) is 0.602. The van der Waals surface area contributed by atoms with Crippen molar-refractivity contribution in [3.63, 3.8) is 0 Å². The minimum atomic E-state index is -3.71. The van der Waals surface area contributed by atoms with Crippen molar-refractivity contribution in [1.82, 2.24) is 4.72 Å². The highest BCUT2D eigenvalue weighted by molar-refractivity contribution is 7.89. The van der Waals surface area contributed by atoms with Crippen LogP contribution in [0.1, 0.15) is 25.5 Å². The van der Waals surface area contributed by atoms with E-state index in [4.69, 9.17) is 9.47 Å². The Kier molecular flexibility index (Phi) is 7.14. The fourth-order valence-corrected chi connectivity index (χ4v) is 3.32. The molecular weight excluding hydrogens is 357 g/mol. The van der Waals surface area contributed by atoms with Crippen LogP contribution in [0.15, 0.2) is 53.4 Å². The number of sulfonamides is 1. The normalized spacial score (nSPS) is 13.0. The van der Waals surface area contributed by atoms with E-state index in [1.807, 2.05) is 13.8 Å². The average Bonchev–Trinajstić information content (AvgIpc) is 2.61. The maximum absolute atomic E-state index is 13.3. The number of hydrogen-bond acceptors (Lipinski definition) is 4. The van der Waals surface area contributed by atoms with Crippen LogP contribution in [0.3, 0.4) is 0 Å². The van der Waals surface area contributed by atoms with Crippen molar-refractivity contribution in [2.45, 2.75) is 24.8 Å². The first kappa shape index (κ1) is 20.4. The molecule has 7 heteroatoms. The van der Waals surface area contributed by atoms with Gasteiger partial charge in [-0.3, -0.25) is 0 Å². The molecule has 0 aliphatic heterocycles. The van der Waals surface area contributed by atoms with E-state index in [9.17, 15) is 12.8 Å². The predicted molar refractivity (Wildman–Crippen MR) is 98.1 cm³/mol. The van der Waals surface area contributed by atoms with Crippen molar-refractivity contribution in [2.75, 3.05) is 20.3 Å². The zero-order valence-electron chi connectivity index (χ0n) is 15.1. The number of nitrogens with one attached hydrogen (secondary N) is 1. The smallest absolute Gasteiger partial charge is 0.240 e. The molecule has 0 radical (unpaired) electrons. The molecule has 1 atom stereocenters. The molecule has 0 aromatic heterocycles. The van der Waals surface area contributed by atoms with Crippen molar-refractivity contribution in [2.24, 2.45) is 5.92 Å². The van der Waals surface area contributed by atoms with Crippen molar-refractivity contribution in [3.05, 3.63) is 59.9 Å². The molecule has 5 nitrogen and oxygen atoms in total. The number of hydrogen-bond donors (Lipinski definition) is 1. The van der Waals surface area contributed by atoms with Crippen LogP contribution >= 0.6 is 0 Å². The third-order valence-corrected chi connectivity index (χ3v) is 5.12. The third kappa shape index (κ3) is 5.79. The first-order chi connectivity index (χ1) is 12.3. The molecule has 26 heavy (non-hydrogen) atoms. The number of ether oxygens (including phenoxy) is 2. The maximum atomic E-state index is 13.3. The van der Waals surface area contributed by atoms with Gasteiger partial charge in [-0.1, -0.05) is 26.0 Å². The van der Waals surface area contributed by atoms with Gasteiger partial charge in [0, 0.05) is 13.7 Å². The molecule has 0 bridgehead atoms. The van der Waals surface area contributed by atoms with Gasteiger partial charge >= 0.3 is 0 Å². The van der Waals surface area contributed by atoms with Gasteiger partial charge in [0.1, 0.15) is 11.6 Å². The number of methoxy groups -OCH3 is 1. The minimum absolute atomic E-state index is 0.00606. The third-order valence-electron chi connectivity index (χ3n) is 3.68. The molecule has 1 unspecified atom stereocenters.